The number of aromatic nitrogens is 2. The van der Waals surface area contributed by atoms with Crippen LogP contribution in [0.2, 0.25) is 0 Å². The lowest BCUT2D eigenvalue weighted by molar-refractivity contribution is -0.139. The van der Waals surface area contributed by atoms with Gasteiger partial charge in [0.05, 0.1) is 36.3 Å². The van der Waals surface area contributed by atoms with Crippen molar-refractivity contribution in [2.45, 2.75) is 88.0 Å². The number of aliphatic hydroxyl groups is 1. The normalized spacial score (nSPS) is 23.8. The first-order valence-electron chi connectivity index (χ1n) is 20.7. The number of aryl methyl sites for hydroxylation is 1. The van der Waals surface area contributed by atoms with E-state index in [1.165, 1.54) is 4.88 Å². The molecule has 0 bridgehead atoms. The molecule has 1 aromatic carbocycles. The van der Waals surface area contributed by atoms with Gasteiger partial charge in [-0.25, -0.2) is 9.97 Å². The Morgan fingerprint density at radius 1 is 0.950 bits per heavy atom. The number of benzene rings is 1. The monoisotopic (exact) mass is 846 g/mol. The molecule has 1 saturated carbocycles. The molecule has 6 amide bonds. The minimum absolute atomic E-state index is 0.00438. The Morgan fingerprint density at radius 2 is 1.73 bits per heavy atom. The van der Waals surface area contributed by atoms with Crippen LogP contribution in [-0.4, -0.2) is 149 Å². The zero-order valence-electron chi connectivity index (χ0n) is 33.3. The van der Waals surface area contributed by atoms with Gasteiger partial charge < -0.3 is 35.3 Å². The molecule has 3 aromatic rings. The summed E-state index contributed by atoms with van der Waals surface area (Å²) in [4.78, 5) is 91.1. The van der Waals surface area contributed by atoms with Crippen LogP contribution in [0.5, 0.6) is 5.88 Å². The topological polar surface area (TPSA) is 236 Å². The molecular formula is C41H50N8O10S. The van der Waals surface area contributed by atoms with Gasteiger partial charge in [-0.1, -0.05) is 6.07 Å². The lowest BCUT2D eigenvalue weighted by Crippen LogP contribution is -2.54. The summed E-state index contributed by atoms with van der Waals surface area (Å²) in [5.74, 6) is -2.42. The maximum Gasteiger partial charge on any atom is 0.264 e. The molecule has 3 fully saturated rings. The van der Waals surface area contributed by atoms with Crippen molar-refractivity contribution in [3.8, 4) is 5.88 Å². The van der Waals surface area contributed by atoms with Gasteiger partial charge in [0.2, 0.25) is 29.5 Å². The van der Waals surface area contributed by atoms with Crippen molar-refractivity contribution in [2.24, 2.45) is 5.73 Å². The van der Waals surface area contributed by atoms with Crippen molar-refractivity contribution >= 4 is 62.7 Å². The Morgan fingerprint density at radius 3 is 2.50 bits per heavy atom. The molecule has 2 aliphatic carbocycles. The first kappa shape index (κ1) is 41.6. The quantitative estimate of drug-likeness (QED) is 0.118. The second kappa shape index (κ2) is 18.3. The molecule has 1 unspecified atom stereocenters. The average molecular weight is 847 g/mol. The van der Waals surface area contributed by atoms with E-state index in [1.807, 2.05) is 4.90 Å². The number of ether oxygens (including phenoxy) is 3. The van der Waals surface area contributed by atoms with Crippen LogP contribution in [0, 0.1) is 0 Å². The highest BCUT2D eigenvalue weighted by Gasteiger charge is 2.45. The lowest BCUT2D eigenvalue weighted by Gasteiger charge is -2.41. The number of hydrogen-bond acceptors (Lipinski definition) is 15. The molecule has 320 valence electrons. The predicted octanol–water partition coefficient (Wildman–Crippen LogP) is 1.34. The Kier molecular flexibility index (Phi) is 12.7. The standard InChI is InChI=1S/C41H50N8O10S/c42-36(53)29(50)20-23-4-10-30-33(23)35-38(44-22-45-39(35)60-30)59-25-7-5-24(6-8-25)47-13-15-48(16-14-47)32(52)21-58-19-18-57-17-12-43-27-3-1-2-26-34(27)41(56)49(40(26)55)28-9-11-31(51)46-37(28)54/h1-3,22-25,28-29,43,50H,4-21H2,(H2,42,53)(H,46,51,54)/t23-,24-,25-,28?,29+/m1/s1. The van der Waals surface area contributed by atoms with E-state index in [9.17, 15) is 33.9 Å². The largest absolute Gasteiger partial charge is 0.474 e. The summed E-state index contributed by atoms with van der Waals surface area (Å²) < 4.78 is 17.8. The number of hydrogen-bond donors (Lipinski definition) is 4. The summed E-state index contributed by atoms with van der Waals surface area (Å²) in [6, 6.07) is 4.27. The number of nitrogens with zero attached hydrogens (tertiary/aromatic N) is 5. The highest BCUT2D eigenvalue weighted by atomic mass is 32.1. The molecular weight excluding hydrogens is 797 g/mol. The number of carbonyl (C=O) groups is 6. The van der Waals surface area contributed by atoms with Crippen LogP contribution in [0.4, 0.5) is 5.69 Å². The summed E-state index contributed by atoms with van der Waals surface area (Å²) in [5.41, 5.74) is 7.28. The second-order valence-electron chi connectivity index (χ2n) is 15.9. The average Bonchev–Trinajstić information content (AvgIpc) is 3.89. The molecule has 2 aromatic heterocycles. The first-order valence-corrected chi connectivity index (χ1v) is 21.5. The Hall–Kier alpha value is -5.08. The van der Waals surface area contributed by atoms with Gasteiger partial charge in [0.15, 0.2) is 0 Å². The molecule has 3 aliphatic heterocycles. The molecule has 18 nitrogen and oxygen atoms in total. The van der Waals surface area contributed by atoms with Gasteiger partial charge in [0.25, 0.3) is 11.8 Å². The molecule has 8 rings (SSSR count). The highest BCUT2D eigenvalue weighted by Crippen LogP contribution is 2.48. The summed E-state index contributed by atoms with van der Waals surface area (Å²) >= 11 is 1.63. The zero-order chi connectivity index (χ0) is 41.9. The van der Waals surface area contributed by atoms with Crippen LogP contribution in [0.1, 0.15) is 88.4 Å². The van der Waals surface area contributed by atoms with Crippen molar-refractivity contribution in [3.05, 3.63) is 46.1 Å². The van der Waals surface area contributed by atoms with E-state index >= 15 is 0 Å². The van der Waals surface area contributed by atoms with Gasteiger partial charge in [-0.05, 0) is 75.0 Å². The van der Waals surface area contributed by atoms with Gasteiger partial charge in [-0.2, -0.15) is 0 Å². The van der Waals surface area contributed by atoms with Crippen LogP contribution >= 0.6 is 11.3 Å². The van der Waals surface area contributed by atoms with Crippen molar-refractivity contribution < 1.29 is 48.1 Å². The van der Waals surface area contributed by atoms with E-state index in [2.05, 4.69) is 25.5 Å². The zero-order valence-corrected chi connectivity index (χ0v) is 34.1. The number of nitrogens with two attached hydrogens (primary N) is 1. The number of aliphatic hydroxyl groups excluding tert-OH is 1. The maximum absolute atomic E-state index is 13.3. The first-order chi connectivity index (χ1) is 29.1. The van der Waals surface area contributed by atoms with Crippen molar-refractivity contribution in [3.63, 3.8) is 0 Å². The molecule has 5 aliphatic rings. The number of imide groups is 2. The molecule has 0 spiro atoms. The lowest BCUT2D eigenvalue weighted by atomic mass is 9.91. The fourth-order valence-corrected chi connectivity index (χ4v) is 10.4. The van der Waals surface area contributed by atoms with Crippen molar-refractivity contribution in [1.29, 1.82) is 0 Å². The number of carbonyl (C=O) groups excluding carboxylic acids is 6. The Bertz CT molecular complexity index is 2150. The number of primary amides is 1. The molecule has 60 heavy (non-hydrogen) atoms. The smallest absolute Gasteiger partial charge is 0.264 e. The van der Waals surface area contributed by atoms with Gasteiger partial charge in [-0.3, -0.25) is 43.9 Å². The fourth-order valence-electron chi connectivity index (χ4n) is 9.16. The van der Waals surface area contributed by atoms with E-state index in [4.69, 9.17) is 19.9 Å². The minimum Gasteiger partial charge on any atom is -0.474 e. The maximum atomic E-state index is 13.3. The minimum atomic E-state index is -1.19. The number of anilines is 1. The molecule has 5 heterocycles. The number of amides is 6. The van der Waals surface area contributed by atoms with Crippen molar-refractivity contribution in [1.82, 2.24) is 30.0 Å². The summed E-state index contributed by atoms with van der Waals surface area (Å²) in [6.45, 7) is 3.95. The third-order valence-corrected chi connectivity index (χ3v) is 13.4. The third-order valence-electron chi connectivity index (χ3n) is 12.3. The van der Waals surface area contributed by atoms with Gasteiger partial charge in [0, 0.05) is 55.8 Å². The van der Waals surface area contributed by atoms with Crippen LogP contribution < -0.4 is 21.1 Å². The van der Waals surface area contributed by atoms with E-state index in [0.29, 0.717) is 37.2 Å². The van der Waals surface area contributed by atoms with E-state index in [-0.39, 0.29) is 74.7 Å². The number of rotatable bonds is 16. The number of piperazine rings is 1. The summed E-state index contributed by atoms with van der Waals surface area (Å²) in [7, 11) is 0. The van der Waals surface area contributed by atoms with Gasteiger partial charge in [-0.15, -0.1) is 11.3 Å². The molecule has 3 atom stereocenters. The van der Waals surface area contributed by atoms with Gasteiger partial charge >= 0.3 is 0 Å². The van der Waals surface area contributed by atoms with Crippen LogP contribution in [0.3, 0.4) is 0 Å². The SMILES string of the molecule is NC(=O)[C@@H](O)C[C@H]1CCc2sc3ncnc(O[C@H]4CC[C@H](N5CCN(C(=O)COCCOCCNc6cccc7c6C(=O)N(C6CCC(=O)NC6=O)C7=O)CC5)CC4)c3c21. The Balaban J connectivity index is 0.711. The number of thiophene rings is 1. The van der Waals surface area contributed by atoms with E-state index in [1.54, 1.807) is 35.9 Å². The van der Waals surface area contributed by atoms with Crippen LogP contribution in [0.15, 0.2) is 24.5 Å². The third kappa shape index (κ3) is 8.72. The van der Waals surface area contributed by atoms with Crippen LogP contribution in [-0.2, 0) is 35.1 Å². The second-order valence-corrected chi connectivity index (χ2v) is 17.0. The number of fused-ring (bicyclic) bond motifs is 4. The summed E-state index contributed by atoms with van der Waals surface area (Å²) in [6.07, 6.45) is 6.23. The number of piperidine rings is 1. The molecule has 2 saturated heterocycles. The molecule has 5 N–H and O–H groups in total. The molecule has 19 heteroatoms. The predicted molar refractivity (Wildman–Crippen MR) is 216 cm³/mol. The van der Waals surface area contributed by atoms with Crippen LogP contribution in [0.25, 0.3) is 10.2 Å². The fraction of sp³-hybridized carbons (Fsp3) is 0.561. The summed E-state index contributed by atoms with van der Waals surface area (Å²) in [5, 5.41) is 16.4. The number of nitrogens with one attached hydrogen (secondary N) is 2. The van der Waals surface area contributed by atoms with Gasteiger partial charge in [0.1, 0.15) is 36.0 Å². The Labute approximate surface area is 350 Å². The van der Waals surface area contributed by atoms with Crippen molar-refractivity contribution in [2.75, 3.05) is 64.5 Å². The molecule has 0 radical (unpaired) electrons. The highest BCUT2D eigenvalue weighted by molar-refractivity contribution is 7.19. The van der Waals surface area contributed by atoms with E-state index < -0.39 is 41.7 Å². The van der Waals surface area contributed by atoms with E-state index in [0.717, 1.165) is 72.3 Å².